The first-order chi connectivity index (χ1) is 15.3. The van der Waals surface area contributed by atoms with Crippen molar-refractivity contribution >= 4 is 37.4 Å². The molecular weight excluding hydrogens is 551 g/mol. The standard InChI is InChI=1S/C19H27F6N3O4S2.CH3.Al/c1-13(2)16(26-33(29,30)18(20,21)22)11-28(10-15-8-6-5-7-9-15)12-17(14(3)4)27-34(31,32)19(23,24)25;;/h5-9,13-14,16-17H,10-12H2,1-4H3;1H3;/q-2;-1;+3/t16-,17-;;/m1../s1. The van der Waals surface area contributed by atoms with Crippen LogP contribution in [0.5, 0.6) is 0 Å². The van der Waals surface area contributed by atoms with Crippen molar-refractivity contribution in [1.29, 1.82) is 0 Å². The van der Waals surface area contributed by atoms with E-state index in [1.807, 2.05) is 0 Å². The number of sulfonamides is 2. The number of rotatable bonds is 12. The Balaban J connectivity index is 0. The van der Waals surface area contributed by atoms with Crippen molar-refractivity contribution in [3.05, 3.63) is 52.8 Å². The third-order valence-corrected chi connectivity index (χ3v) is 7.08. The maximum absolute atomic E-state index is 12.9. The van der Waals surface area contributed by atoms with E-state index in [2.05, 4.69) is 9.44 Å². The molecule has 0 aliphatic heterocycles. The molecule has 16 heteroatoms. The van der Waals surface area contributed by atoms with Crippen LogP contribution < -0.4 is 0 Å². The summed E-state index contributed by atoms with van der Waals surface area (Å²) in [6.07, 6.45) is 0. The molecule has 0 N–H and O–H groups in total. The Kier molecular flexibility index (Phi) is 14.8. The first-order valence-corrected chi connectivity index (χ1v) is 13.0. The zero-order valence-electron chi connectivity index (χ0n) is 20.5. The monoisotopic (exact) mass is 581 g/mol. The maximum atomic E-state index is 12.9. The normalized spacial score (nSPS) is 14.9. The molecular formula is C20H30AlF6N3O4S2. The molecule has 2 atom stereocenters. The van der Waals surface area contributed by atoms with E-state index < -0.39 is 68.1 Å². The largest absolute Gasteiger partial charge is 3.00 e. The summed E-state index contributed by atoms with van der Waals surface area (Å²) < 4.78 is 130. The van der Waals surface area contributed by atoms with Crippen LogP contribution in [0.25, 0.3) is 9.44 Å². The third kappa shape index (κ3) is 11.2. The Morgan fingerprint density at radius 2 is 1.08 bits per heavy atom. The first kappa shape index (κ1) is 37.3. The van der Waals surface area contributed by atoms with Gasteiger partial charge in [0.15, 0.2) is 20.0 Å². The molecule has 0 amide bonds. The Bertz CT molecular complexity index is 929. The summed E-state index contributed by atoms with van der Waals surface area (Å²) in [5.41, 5.74) is -10.6. The van der Waals surface area contributed by atoms with Gasteiger partial charge in [-0.15, -0.1) is 12.1 Å². The van der Waals surface area contributed by atoms with Crippen LogP contribution in [-0.2, 0) is 26.6 Å². The first-order valence-electron chi connectivity index (χ1n) is 10.1. The van der Waals surface area contributed by atoms with Gasteiger partial charge in [-0.25, -0.2) is 16.8 Å². The van der Waals surface area contributed by atoms with Crippen LogP contribution in [0.3, 0.4) is 0 Å². The van der Waals surface area contributed by atoms with E-state index in [1.165, 1.54) is 32.6 Å². The summed E-state index contributed by atoms with van der Waals surface area (Å²) in [6, 6.07) is 5.50. The van der Waals surface area contributed by atoms with Gasteiger partial charge >= 0.3 is 28.4 Å². The average molecular weight is 582 g/mol. The quantitative estimate of drug-likeness (QED) is 0.195. The van der Waals surface area contributed by atoms with E-state index in [0.29, 0.717) is 5.56 Å². The molecule has 206 valence electrons. The predicted octanol–water partition coefficient (Wildman–Crippen LogP) is 5.05. The van der Waals surface area contributed by atoms with Gasteiger partial charge in [0, 0.05) is 6.54 Å². The van der Waals surface area contributed by atoms with Gasteiger partial charge in [-0.3, -0.25) is 0 Å². The molecule has 1 rings (SSSR count). The number of nitrogens with zero attached hydrogens (tertiary/aromatic N) is 3. The summed E-state index contributed by atoms with van der Waals surface area (Å²) in [6.45, 7) is 4.96. The second-order valence-electron chi connectivity index (χ2n) is 8.35. The fourth-order valence-electron chi connectivity index (χ4n) is 2.78. The molecule has 0 radical (unpaired) electrons. The number of alkyl halides is 6. The Hall–Kier alpha value is -0.888. The zero-order chi connectivity index (χ0) is 26.5. The summed E-state index contributed by atoms with van der Waals surface area (Å²) in [5, 5.41) is 0. The summed E-state index contributed by atoms with van der Waals surface area (Å²) in [7, 11) is -11.6. The van der Waals surface area contributed by atoms with Gasteiger partial charge in [0.1, 0.15) is 0 Å². The van der Waals surface area contributed by atoms with Crippen LogP contribution in [-0.4, -0.2) is 75.3 Å². The molecule has 0 aromatic heterocycles. The van der Waals surface area contributed by atoms with Gasteiger partial charge in [0.2, 0.25) is 0 Å². The molecule has 0 bridgehead atoms. The number of benzene rings is 1. The molecule has 0 heterocycles. The van der Waals surface area contributed by atoms with Gasteiger partial charge in [0.25, 0.3) is 0 Å². The van der Waals surface area contributed by atoms with Crippen LogP contribution in [0.2, 0.25) is 0 Å². The molecule has 0 aliphatic carbocycles. The minimum atomic E-state index is -5.82. The number of halogens is 6. The molecule has 1 aromatic rings. The van der Waals surface area contributed by atoms with Crippen molar-refractivity contribution in [1.82, 2.24) is 4.90 Å². The third-order valence-electron chi connectivity index (χ3n) is 4.81. The SMILES string of the molecule is CC(C)[C@@H](CN(Cc1ccccc1)C[C@@H]([N-]S(=O)(=O)C(F)(F)F)C(C)C)[N-]S(=O)(=O)C(F)(F)F.[Al+3].[CH3-]. The molecule has 7 nitrogen and oxygen atoms in total. The second-order valence-corrected chi connectivity index (χ2v) is 11.6. The molecule has 0 saturated carbocycles. The molecule has 1 aromatic carbocycles. The Morgan fingerprint density at radius 1 is 0.750 bits per heavy atom. The zero-order valence-corrected chi connectivity index (χ0v) is 23.2. The van der Waals surface area contributed by atoms with Crippen LogP contribution in [0.1, 0.15) is 33.3 Å². The van der Waals surface area contributed by atoms with Crippen molar-refractivity contribution in [2.24, 2.45) is 11.8 Å². The maximum Gasteiger partial charge on any atom is 3.00 e. The van der Waals surface area contributed by atoms with Crippen molar-refractivity contribution in [2.45, 2.75) is 57.3 Å². The Labute approximate surface area is 220 Å². The van der Waals surface area contributed by atoms with Crippen LogP contribution >= 0.6 is 0 Å². The number of hydrogen-bond acceptors (Lipinski definition) is 5. The minimum absolute atomic E-state index is 0. The minimum Gasteiger partial charge on any atom is -0.537 e. The van der Waals surface area contributed by atoms with E-state index >= 15 is 0 Å². The fraction of sp³-hybridized carbons (Fsp3) is 0.650. The van der Waals surface area contributed by atoms with Crippen LogP contribution in [0, 0.1) is 19.3 Å². The van der Waals surface area contributed by atoms with E-state index in [1.54, 1.807) is 30.3 Å². The van der Waals surface area contributed by atoms with Gasteiger partial charge in [-0.05, 0) is 18.7 Å². The van der Waals surface area contributed by atoms with Crippen molar-refractivity contribution in [3.8, 4) is 0 Å². The van der Waals surface area contributed by atoms with E-state index in [4.69, 9.17) is 0 Å². The van der Waals surface area contributed by atoms with Crippen molar-refractivity contribution < 1.29 is 43.2 Å². The molecule has 36 heavy (non-hydrogen) atoms. The van der Waals surface area contributed by atoms with Gasteiger partial charge in [0.05, 0.1) is 0 Å². The number of hydrogen-bond donors (Lipinski definition) is 0. The van der Waals surface area contributed by atoms with E-state index in [0.717, 1.165) is 0 Å². The van der Waals surface area contributed by atoms with E-state index in [9.17, 15) is 43.2 Å². The van der Waals surface area contributed by atoms with Crippen molar-refractivity contribution in [3.63, 3.8) is 0 Å². The smallest absolute Gasteiger partial charge is 0.537 e. The summed E-state index contributed by atoms with van der Waals surface area (Å²) in [4.78, 5) is 1.36. The van der Waals surface area contributed by atoms with E-state index in [-0.39, 0.29) is 31.3 Å². The van der Waals surface area contributed by atoms with Crippen molar-refractivity contribution in [2.75, 3.05) is 13.1 Å². The molecule has 0 fully saturated rings. The van der Waals surface area contributed by atoms with Crippen LogP contribution in [0.4, 0.5) is 26.3 Å². The molecule has 0 unspecified atom stereocenters. The summed E-state index contributed by atoms with van der Waals surface area (Å²) >= 11 is 0. The average Bonchev–Trinajstić information content (AvgIpc) is 2.65. The summed E-state index contributed by atoms with van der Waals surface area (Å²) in [5.74, 6) is -1.38. The van der Waals surface area contributed by atoms with Crippen LogP contribution in [0.15, 0.2) is 30.3 Å². The predicted molar refractivity (Wildman–Crippen MR) is 128 cm³/mol. The molecule has 0 saturated heterocycles. The van der Waals surface area contributed by atoms with Gasteiger partial charge in [-0.1, -0.05) is 69.9 Å². The Morgan fingerprint density at radius 3 is 1.36 bits per heavy atom. The second kappa shape index (κ2) is 14.3. The van der Waals surface area contributed by atoms with Gasteiger partial charge in [-0.2, -0.15) is 26.3 Å². The molecule has 0 aliphatic rings. The van der Waals surface area contributed by atoms with Gasteiger partial charge < -0.3 is 21.8 Å². The topological polar surface area (TPSA) is 99.7 Å². The fourth-order valence-corrected chi connectivity index (χ4v) is 4.35. The molecule has 0 spiro atoms.